The first-order valence-electron chi connectivity index (χ1n) is 14.6. The summed E-state index contributed by atoms with van der Waals surface area (Å²) < 4.78 is 2.27. The van der Waals surface area contributed by atoms with E-state index in [-0.39, 0.29) is 5.41 Å². The molecule has 8 rings (SSSR count). The summed E-state index contributed by atoms with van der Waals surface area (Å²) in [5.74, 6) is 0.955. The zero-order valence-corrected chi connectivity index (χ0v) is 23.8. The van der Waals surface area contributed by atoms with E-state index in [4.69, 9.17) is 4.98 Å². The second-order valence-electron chi connectivity index (χ2n) is 11.7. The smallest absolute Gasteiger partial charge is 0.145 e. The zero-order chi connectivity index (χ0) is 28.3. The summed E-state index contributed by atoms with van der Waals surface area (Å²) in [5.41, 5.74) is 14.7. The van der Waals surface area contributed by atoms with Crippen LogP contribution in [-0.4, -0.2) is 9.55 Å². The lowest BCUT2D eigenvalue weighted by Gasteiger charge is -2.22. The number of fused-ring (bicyclic) bond motifs is 4. The van der Waals surface area contributed by atoms with Crippen LogP contribution in [0.3, 0.4) is 0 Å². The third-order valence-electron chi connectivity index (χ3n) is 8.83. The van der Waals surface area contributed by atoms with Crippen molar-refractivity contribution in [3.05, 3.63) is 157 Å². The number of hydrogen-bond acceptors (Lipinski definition) is 1. The topological polar surface area (TPSA) is 17.8 Å². The van der Waals surface area contributed by atoms with E-state index < -0.39 is 0 Å². The minimum atomic E-state index is -0.0777. The minimum absolute atomic E-state index is 0.0777. The molecular weight excluding hydrogens is 508 g/mol. The maximum absolute atomic E-state index is 5.00. The van der Waals surface area contributed by atoms with Gasteiger partial charge in [0, 0.05) is 16.7 Å². The fourth-order valence-corrected chi connectivity index (χ4v) is 6.60. The second-order valence-corrected chi connectivity index (χ2v) is 11.7. The van der Waals surface area contributed by atoms with E-state index in [0.29, 0.717) is 0 Å². The molecule has 1 heterocycles. The van der Waals surface area contributed by atoms with Crippen LogP contribution >= 0.6 is 0 Å². The number of nitrogens with zero attached hydrogens (tertiary/aromatic N) is 2. The first-order valence-corrected chi connectivity index (χ1v) is 14.6. The summed E-state index contributed by atoms with van der Waals surface area (Å²) >= 11 is 0. The number of benzene rings is 6. The van der Waals surface area contributed by atoms with E-state index in [0.717, 1.165) is 28.1 Å². The van der Waals surface area contributed by atoms with Crippen molar-refractivity contribution in [1.29, 1.82) is 0 Å². The molecule has 0 unspecified atom stereocenters. The Bertz CT molecular complexity index is 2080. The quantitative estimate of drug-likeness (QED) is 0.218. The molecule has 200 valence electrons. The lowest BCUT2D eigenvalue weighted by Crippen LogP contribution is -2.15. The highest BCUT2D eigenvalue weighted by atomic mass is 15.1. The van der Waals surface area contributed by atoms with Crippen molar-refractivity contribution >= 4 is 11.0 Å². The van der Waals surface area contributed by atoms with Gasteiger partial charge in [-0.2, -0.15) is 0 Å². The Balaban J connectivity index is 1.18. The van der Waals surface area contributed by atoms with Crippen LogP contribution in [0.2, 0.25) is 0 Å². The summed E-state index contributed by atoms with van der Waals surface area (Å²) in [4.78, 5) is 5.00. The first-order chi connectivity index (χ1) is 20.6. The van der Waals surface area contributed by atoms with Gasteiger partial charge in [0.2, 0.25) is 0 Å². The normalized spacial score (nSPS) is 13.2. The van der Waals surface area contributed by atoms with Crippen LogP contribution in [0.1, 0.15) is 25.0 Å². The van der Waals surface area contributed by atoms with Gasteiger partial charge in [0.05, 0.1) is 11.0 Å². The molecular formula is C40H30N2. The SMILES string of the molecule is CC1(C)c2cc(-c3ccccc3)ccc2-c2ccc(-c3ccc(-n4c(-c5ccccc5)nc5ccccc54)cc3)cc21. The van der Waals surface area contributed by atoms with Crippen molar-refractivity contribution < 1.29 is 0 Å². The van der Waals surface area contributed by atoms with Gasteiger partial charge in [0.25, 0.3) is 0 Å². The number of para-hydroxylation sites is 2. The molecule has 0 aliphatic heterocycles. The summed E-state index contributed by atoms with van der Waals surface area (Å²) in [6, 6.07) is 52.3. The summed E-state index contributed by atoms with van der Waals surface area (Å²) in [5, 5.41) is 0. The molecule has 0 saturated heterocycles. The third kappa shape index (κ3) is 3.83. The molecule has 2 nitrogen and oxygen atoms in total. The maximum atomic E-state index is 5.00. The van der Waals surface area contributed by atoms with Crippen LogP contribution in [0.15, 0.2) is 146 Å². The second kappa shape index (κ2) is 9.43. The van der Waals surface area contributed by atoms with E-state index >= 15 is 0 Å². The molecule has 1 aromatic heterocycles. The Hall–Kier alpha value is -5.21. The molecule has 0 bridgehead atoms. The fraction of sp³-hybridized carbons (Fsp3) is 0.0750. The summed E-state index contributed by atoms with van der Waals surface area (Å²) in [6.45, 7) is 4.71. The molecule has 0 fully saturated rings. The Morgan fingerprint density at radius 2 is 0.976 bits per heavy atom. The van der Waals surface area contributed by atoms with Crippen LogP contribution in [0.4, 0.5) is 0 Å². The number of hydrogen-bond donors (Lipinski definition) is 0. The van der Waals surface area contributed by atoms with Crippen LogP contribution in [0.25, 0.3) is 61.5 Å². The highest BCUT2D eigenvalue weighted by molar-refractivity contribution is 5.86. The predicted molar refractivity (Wildman–Crippen MR) is 175 cm³/mol. The molecule has 0 N–H and O–H groups in total. The fourth-order valence-electron chi connectivity index (χ4n) is 6.60. The van der Waals surface area contributed by atoms with Crippen LogP contribution in [0.5, 0.6) is 0 Å². The predicted octanol–water partition coefficient (Wildman–Crippen LogP) is 10.3. The van der Waals surface area contributed by atoms with Crippen molar-refractivity contribution in [2.75, 3.05) is 0 Å². The Morgan fingerprint density at radius 1 is 0.476 bits per heavy atom. The molecule has 1 aliphatic rings. The molecule has 0 spiro atoms. The largest absolute Gasteiger partial charge is 0.292 e. The molecule has 0 atom stereocenters. The van der Waals surface area contributed by atoms with Crippen molar-refractivity contribution in [2.45, 2.75) is 19.3 Å². The molecule has 7 aromatic rings. The Labute approximate surface area is 246 Å². The standard InChI is InChI=1S/C40H30N2/c1-40(2)35-25-30(27-11-5-3-6-12-27)19-23-33(35)34-24-20-31(26-36(34)40)28-17-21-32(22-18-28)42-38-16-10-9-15-37(38)41-39(42)29-13-7-4-8-14-29/h3-26H,1-2H3. The van der Waals surface area contributed by atoms with E-state index in [9.17, 15) is 0 Å². The molecule has 2 heteroatoms. The van der Waals surface area contributed by atoms with Crippen molar-refractivity contribution in [3.63, 3.8) is 0 Å². The Morgan fingerprint density at radius 3 is 1.60 bits per heavy atom. The van der Waals surface area contributed by atoms with Gasteiger partial charge in [-0.1, -0.05) is 123 Å². The van der Waals surface area contributed by atoms with Crippen LogP contribution < -0.4 is 0 Å². The lowest BCUT2D eigenvalue weighted by molar-refractivity contribution is 0.661. The van der Waals surface area contributed by atoms with Crippen molar-refractivity contribution in [2.24, 2.45) is 0 Å². The van der Waals surface area contributed by atoms with Gasteiger partial charge in [-0.15, -0.1) is 0 Å². The van der Waals surface area contributed by atoms with Crippen molar-refractivity contribution in [1.82, 2.24) is 9.55 Å². The van der Waals surface area contributed by atoms with Crippen LogP contribution in [0, 0.1) is 0 Å². The van der Waals surface area contributed by atoms with Crippen molar-refractivity contribution in [3.8, 4) is 50.5 Å². The number of imidazole rings is 1. The average Bonchev–Trinajstić information content (AvgIpc) is 3.54. The lowest BCUT2D eigenvalue weighted by atomic mass is 9.81. The van der Waals surface area contributed by atoms with Gasteiger partial charge < -0.3 is 0 Å². The van der Waals surface area contributed by atoms with E-state index in [1.54, 1.807) is 0 Å². The van der Waals surface area contributed by atoms with E-state index in [1.807, 2.05) is 12.1 Å². The molecule has 0 amide bonds. The third-order valence-corrected chi connectivity index (χ3v) is 8.83. The average molecular weight is 539 g/mol. The Kier molecular flexibility index (Phi) is 5.52. The number of rotatable bonds is 4. The van der Waals surface area contributed by atoms with E-state index in [2.05, 4.69) is 152 Å². The maximum Gasteiger partial charge on any atom is 0.145 e. The first kappa shape index (κ1) is 24.6. The number of aromatic nitrogens is 2. The molecule has 6 aromatic carbocycles. The van der Waals surface area contributed by atoms with Gasteiger partial charge in [-0.25, -0.2) is 4.98 Å². The van der Waals surface area contributed by atoms with Gasteiger partial charge >= 0.3 is 0 Å². The molecule has 1 aliphatic carbocycles. The highest BCUT2D eigenvalue weighted by Crippen LogP contribution is 2.50. The van der Waals surface area contributed by atoms with Crippen LogP contribution in [-0.2, 0) is 5.41 Å². The monoisotopic (exact) mass is 538 g/mol. The molecule has 0 radical (unpaired) electrons. The van der Waals surface area contributed by atoms with Gasteiger partial charge in [0.15, 0.2) is 0 Å². The van der Waals surface area contributed by atoms with Gasteiger partial charge in [-0.3, -0.25) is 4.57 Å². The summed E-state index contributed by atoms with van der Waals surface area (Å²) in [7, 11) is 0. The molecule has 42 heavy (non-hydrogen) atoms. The highest BCUT2D eigenvalue weighted by Gasteiger charge is 2.35. The van der Waals surface area contributed by atoms with E-state index in [1.165, 1.54) is 44.5 Å². The van der Waals surface area contributed by atoms with Gasteiger partial charge in [-0.05, 0) is 80.9 Å². The van der Waals surface area contributed by atoms with Gasteiger partial charge in [0.1, 0.15) is 5.82 Å². The minimum Gasteiger partial charge on any atom is -0.292 e. The zero-order valence-electron chi connectivity index (χ0n) is 23.8. The molecule has 0 saturated carbocycles. The summed E-state index contributed by atoms with van der Waals surface area (Å²) in [6.07, 6.45) is 0.